The quantitative estimate of drug-likeness (QED) is 0.753. The van der Waals surface area contributed by atoms with E-state index >= 15 is 0 Å². The second kappa shape index (κ2) is 6.79. The Balaban J connectivity index is 1.61. The summed E-state index contributed by atoms with van der Waals surface area (Å²) < 4.78 is 15.0. The lowest BCUT2D eigenvalue weighted by molar-refractivity contribution is 0.251. The molecule has 0 radical (unpaired) electrons. The number of hydrogen-bond acceptors (Lipinski definition) is 1. The molecule has 0 spiro atoms. The minimum absolute atomic E-state index is 0.265. The fourth-order valence-electron chi connectivity index (χ4n) is 2.26. The molecule has 23 heavy (non-hydrogen) atoms. The van der Waals surface area contributed by atoms with Crippen molar-refractivity contribution in [2.45, 2.75) is 6.54 Å². The molecule has 2 aromatic carbocycles. The first-order valence-electron chi connectivity index (χ1n) is 7.23. The van der Waals surface area contributed by atoms with Gasteiger partial charge in [0, 0.05) is 30.3 Å². The van der Waals surface area contributed by atoms with Crippen LogP contribution in [0.3, 0.4) is 0 Å². The van der Waals surface area contributed by atoms with Gasteiger partial charge < -0.3 is 15.2 Å². The van der Waals surface area contributed by atoms with Crippen LogP contribution in [-0.4, -0.2) is 10.6 Å². The summed E-state index contributed by atoms with van der Waals surface area (Å²) in [5.41, 5.74) is 2.35. The van der Waals surface area contributed by atoms with E-state index in [1.165, 1.54) is 12.1 Å². The number of halogens is 1. The molecule has 0 saturated heterocycles. The van der Waals surface area contributed by atoms with Gasteiger partial charge in [0.15, 0.2) is 0 Å². The van der Waals surface area contributed by atoms with Crippen LogP contribution in [0.25, 0.3) is 5.69 Å². The summed E-state index contributed by atoms with van der Waals surface area (Å²) in [6.45, 7) is 0.265. The van der Waals surface area contributed by atoms with Gasteiger partial charge in [-0.2, -0.15) is 0 Å². The Labute approximate surface area is 133 Å². The van der Waals surface area contributed by atoms with Crippen LogP contribution >= 0.6 is 0 Å². The fourth-order valence-corrected chi connectivity index (χ4v) is 2.26. The molecule has 2 N–H and O–H groups in total. The average molecular weight is 309 g/mol. The minimum atomic E-state index is -0.334. The third kappa shape index (κ3) is 3.97. The van der Waals surface area contributed by atoms with Gasteiger partial charge in [-0.15, -0.1) is 0 Å². The summed E-state index contributed by atoms with van der Waals surface area (Å²) in [5, 5.41) is 5.48. The Morgan fingerprint density at radius 1 is 1.00 bits per heavy atom. The highest BCUT2D eigenvalue weighted by atomic mass is 19.1. The van der Waals surface area contributed by atoms with Crippen LogP contribution in [-0.2, 0) is 6.54 Å². The largest absolute Gasteiger partial charge is 0.334 e. The second-order valence-corrected chi connectivity index (χ2v) is 5.08. The van der Waals surface area contributed by atoms with Gasteiger partial charge in [-0.3, -0.25) is 0 Å². The topological polar surface area (TPSA) is 46.1 Å². The van der Waals surface area contributed by atoms with Crippen molar-refractivity contribution in [2.24, 2.45) is 0 Å². The number of hydrogen-bond donors (Lipinski definition) is 2. The maximum Gasteiger partial charge on any atom is 0.319 e. The van der Waals surface area contributed by atoms with Gasteiger partial charge in [0.1, 0.15) is 5.82 Å². The zero-order valence-corrected chi connectivity index (χ0v) is 12.4. The number of anilines is 1. The standard InChI is InChI=1S/C18H16FN3O/c19-15-6-3-5-14(11-15)13-20-18(23)21-16-7-4-8-17(12-16)22-9-1-2-10-22/h1-12H,13H2,(H2,20,21,23). The SMILES string of the molecule is O=C(NCc1cccc(F)c1)Nc1cccc(-n2cccc2)c1. The molecule has 116 valence electrons. The molecule has 0 atom stereocenters. The van der Waals surface area contributed by atoms with E-state index < -0.39 is 0 Å². The van der Waals surface area contributed by atoms with E-state index in [4.69, 9.17) is 0 Å². The van der Waals surface area contributed by atoms with Crippen molar-refractivity contribution in [3.63, 3.8) is 0 Å². The molecule has 0 aliphatic heterocycles. The highest BCUT2D eigenvalue weighted by Crippen LogP contribution is 2.14. The second-order valence-electron chi connectivity index (χ2n) is 5.08. The first-order valence-corrected chi connectivity index (χ1v) is 7.23. The normalized spacial score (nSPS) is 10.3. The van der Waals surface area contributed by atoms with E-state index in [0.29, 0.717) is 11.3 Å². The molecule has 1 heterocycles. The third-order valence-electron chi connectivity index (χ3n) is 3.35. The van der Waals surface area contributed by atoms with Gasteiger partial charge in [-0.1, -0.05) is 18.2 Å². The van der Waals surface area contributed by atoms with Crippen molar-refractivity contribution >= 4 is 11.7 Å². The van der Waals surface area contributed by atoms with E-state index in [1.54, 1.807) is 12.1 Å². The maximum absolute atomic E-state index is 13.1. The summed E-state index contributed by atoms with van der Waals surface area (Å²) in [6, 6.07) is 17.2. The van der Waals surface area contributed by atoms with Crippen molar-refractivity contribution in [3.8, 4) is 5.69 Å². The average Bonchev–Trinajstić information content (AvgIpc) is 3.08. The zero-order valence-electron chi connectivity index (χ0n) is 12.4. The van der Waals surface area contributed by atoms with Gasteiger partial charge in [0.2, 0.25) is 0 Å². The van der Waals surface area contributed by atoms with Crippen molar-refractivity contribution in [1.29, 1.82) is 0 Å². The molecule has 1 aromatic heterocycles. The van der Waals surface area contributed by atoms with Crippen LogP contribution in [0.5, 0.6) is 0 Å². The molecule has 2 amide bonds. The highest BCUT2D eigenvalue weighted by molar-refractivity contribution is 5.89. The number of aromatic nitrogens is 1. The van der Waals surface area contributed by atoms with Crippen LogP contribution in [0.4, 0.5) is 14.9 Å². The Bertz CT molecular complexity index is 800. The molecule has 3 rings (SSSR count). The Morgan fingerprint density at radius 3 is 2.57 bits per heavy atom. The van der Waals surface area contributed by atoms with E-state index in [2.05, 4.69) is 10.6 Å². The first kappa shape index (κ1) is 14.8. The summed E-state index contributed by atoms with van der Waals surface area (Å²) in [4.78, 5) is 11.9. The van der Waals surface area contributed by atoms with Gasteiger partial charge >= 0.3 is 6.03 Å². The van der Waals surface area contributed by atoms with Crippen LogP contribution in [0.2, 0.25) is 0 Å². The highest BCUT2D eigenvalue weighted by Gasteiger charge is 2.03. The lowest BCUT2D eigenvalue weighted by Crippen LogP contribution is -2.28. The van der Waals surface area contributed by atoms with Crippen molar-refractivity contribution in [3.05, 3.63) is 84.4 Å². The van der Waals surface area contributed by atoms with E-state index in [-0.39, 0.29) is 18.4 Å². The van der Waals surface area contributed by atoms with Crippen molar-refractivity contribution in [2.75, 3.05) is 5.32 Å². The molecule has 5 heteroatoms. The summed E-state index contributed by atoms with van der Waals surface area (Å²) in [7, 11) is 0. The van der Waals surface area contributed by atoms with E-state index in [1.807, 2.05) is 53.4 Å². The molecule has 4 nitrogen and oxygen atoms in total. The van der Waals surface area contributed by atoms with Crippen LogP contribution < -0.4 is 10.6 Å². The molecule has 0 fully saturated rings. The number of amides is 2. The van der Waals surface area contributed by atoms with E-state index in [0.717, 1.165) is 5.69 Å². The number of carbonyl (C=O) groups excluding carboxylic acids is 1. The summed E-state index contributed by atoms with van der Waals surface area (Å²) in [6.07, 6.45) is 3.87. The summed E-state index contributed by atoms with van der Waals surface area (Å²) >= 11 is 0. The number of nitrogens with one attached hydrogen (secondary N) is 2. The number of urea groups is 1. The summed E-state index contributed by atoms with van der Waals surface area (Å²) in [5.74, 6) is -0.316. The smallest absolute Gasteiger partial charge is 0.319 e. The Morgan fingerprint density at radius 2 is 1.78 bits per heavy atom. The number of carbonyl (C=O) groups is 1. The van der Waals surface area contributed by atoms with Gasteiger partial charge in [0.05, 0.1) is 0 Å². The molecule has 3 aromatic rings. The predicted molar refractivity (Wildman–Crippen MR) is 88.0 cm³/mol. The van der Waals surface area contributed by atoms with E-state index in [9.17, 15) is 9.18 Å². The Hall–Kier alpha value is -3.08. The van der Waals surface area contributed by atoms with Crippen LogP contribution in [0, 0.1) is 5.82 Å². The van der Waals surface area contributed by atoms with Gasteiger partial charge in [0.25, 0.3) is 0 Å². The molecule has 0 aliphatic rings. The van der Waals surface area contributed by atoms with Crippen molar-refractivity contribution < 1.29 is 9.18 Å². The minimum Gasteiger partial charge on any atom is -0.334 e. The monoisotopic (exact) mass is 309 g/mol. The number of rotatable bonds is 4. The first-order chi connectivity index (χ1) is 11.2. The zero-order chi connectivity index (χ0) is 16.1. The molecule has 0 aliphatic carbocycles. The molecule has 0 unspecified atom stereocenters. The molecular formula is C18H16FN3O. The van der Waals surface area contributed by atoms with Crippen LogP contribution in [0.15, 0.2) is 73.1 Å². The molecule has 0 saturated carbocycles. The maximum atomic E-state index is 13.1. The van der Waals surface area contributed by atoms with Gasteiger partial charge in [-0.05, 0) is 48.0 Å². The lowest BCUT2D eigenvalue weighted by Gasteiger charge is -2.10. The van der Waals surface area contributed by atoms with Crippen molar-refractivity contribution in [1.82, 2.24) is 9.88 Å². The molecular weight excluding hydrogens is 293 g/mol. The van der Waals surface area contributed by atoms with Gasteiger partial charge in [-0.25, -0.2) is 9.18 Å². The predicted octanol–water partition coefficient (Wildman–Crippen LogP) is 3.94. The number of benzene rings is 2. The number of nitrogens with zero attached hydrogens (tertiary/aromatic N) is 1. The molecule has 0 bridgehead atoms. The fraction of sp³-hybridized carbons (Fsp3) is 0.0556. The lowest BCUT2D eigenvalue weighted by atomic mass is 10.2. The Kier molecular flexibility index (Phi) is 4.38. The third-order valence-corrected chi connectivity index (χ3v) is 3.35. The van der Waals surface area contributed by atoms with Crippen LogP contribution in [0.1, 0.15) is 5.56 Å².